The summed E-state index contributed by atoms with van der Waals surface area (Å²) in [5, 5.41) is 3.56. The molecule has 1 heterocycles. The Kier molecular flexibility index (Phi) is 3.21. The molecule has 2 nitrogen and oxygen atoms in total. The van der Waals surface area contributed by atoms with Gasteiger partial charge in [0.05, 0.1) is 16.8 Å². The zero-order valence-electron chi connectivity index (χ0n) is 9.35. The lowest BCUT2D eigenvalue weighted by molar-refractivity contribution is 0.375. The van der Waals surface area contributed by atoms with Crippen LogP contribution in [0.3, 0.4) is 0 Å². The molecule has 0 aliphatic heterocycles. The Morgan fingerprint density at radius 3 is 2.80 bits per heavy atom. The van der Waals surface area contributed by atoms with Crippen LogP contribution in [0.4, 0.5) is 0 Å². The standard InChI is InChI=1S/C12H18BrNO/c1-3-12(5-6-12)8-14-9(2)11-10(13)4-7-15-11/h4,7,9,14H,3,5-6,8H2,1-2H3. The molecule has 0 bridgehead atoms. The van der Waals surface area contributed by atoms with Crippen LogP contribution in [0.25, 0.3) is 0 Å². The molecule has 15 heavy (non-hydrogen) atoms. The van der Waals surface area contributed by atoms with E-state index in [2.05, 4.69) is 35.1 Å². The minimum Gasteiger partial charge on any atom is -0.466 e. The Hall–Kier alpha value is -0.280. The second kappa shape index (κ2) is 4.30. The van der Waals surface area contributed by atoms with Gasteiger partial charge in [0.25, 0.3) is 0 Å². The molecular weight excluding hydrogens is 254 g/mol. The van der Waals surface area contributed by atoms with E-state index in [9.17, 15) is 0 Å². The molecule has 0 saturated heterocycles. The van der Waals surface area contributed by atoms with E-state index in [1.165, 1.54) is 19.3 Å². The van der Waals surface area contributed by atoms with Crippen LogP contribution in [0.2, 0.25) is 0 Å². The zero-order chi connectivity index (χ0) is 10.9. The van der Waals surface area contributed by atoms with Gasteiger partial charge in [-0.25, -0.2) is 0 Å². The van der Waals surface area contributed by atoms with Gasteiger partial charge in [-0.15, -0.1) is 0 Å². The van der Waals surface area contributed by atoms with Crippen LogP contribution in [0.5, 0.6) is 0 Å². The third-order valence-electron chi connectivity index (χ3n) is 3.53. The Bertz CT molecular complexity index is 330. The molecule has 0 aromatic carbocycles. The average molecular weight is 272 g/mol. The lowest BCUT2D eigenvalue weighted by Gasteiger charge is -2.17. The maximum atomic E-state index is 5.44. The van der Waals surface area contributed by atoms with E-state index in [0.717, 1.165) is 16.8 Å². The van der Waals surface area contributed by atoms with Gasteiger partial charge in [-0.05, 0) is 53.6 Å². The molecule has 0 radical (unpaired) electrons. The molecule has 1 aromatic heterocycles. The Labute approximate surface area is 99.6 Å². The summed E-state index contributed by atoms with van der Waals surface area (Å²) in [6.45, 7) is 5.54. The summed E-state index contributed by atoms with van der Waals surface area (Å²) >= 11 is 3.49. The first-order valence-corrected chi connectivity index (χ1v) is 6.42. The smallest absolute Gasteiger partial charge is 0.134 e. The van der Waals surface area contributed by atoms with Gasteiger partial charge < -0.3 is 9.73 Å². The van der Waals surface area contributed by atoms with Crippen molar-refractivity contribution in [1.82, 2.24) is 5.32 Å². The summed E-state index contributed by atoms with van der Waals surface area (Å²) in [6.07, 6.45) is 5.77. The number of hydrogen-bond acceptors (Lipinski definition) is 2. The third kappa shape index (κ3) is 2.45. The number of hydrogen-bond donors (Lipinski definition) is 1. The van der Waals surface area contributed by atoms with Crippen molar-refractivity contribution in [2.75, 3.05) is 6.54 Å². The monoisotopic (exact) mass is 271 g/mol. The predicted molar refractivity (Wildman–Crippen MR) is 64.8 cm³/mol. The molecule has 1 aromatic rings. The Morgan fingerprint density at radius 1 is 1.60 bits per heavy atom. The fourth-order valence-corrected chi connectivity index (χ4v) is 2.45. The van der Waals surface area contributed by atoms with E-state index in [4.69, 9.17) is 4.42 Å². The van der Waals surface area contributed by atoms with E-state index in [1.807, 2.05) is 6.07 Å². The molecule has 0 amide bonds. The summed E-state index contributed by atoms with van der Waals surface area (Å²) in [7, 11) is 0. The van der Waals surface area contributed by atoms with Crippen molar-refractivity contribution in [2.24, 2.45) is 5.41 Å². The minimum atomic E-state index is 0.290. The Morgan fingerprint density at radius 2 is 2.33 bits per heavy atom. The third-order valence-corrected chi connectivity index (χ3v) is 4.18. The fourth-order valence-electron chi connectivity index (χ4n) is 1.91. The molecule has 3 heteroatoms. The van der Waals surface area contributed by atoms with Crippen molar-refractivity contribution in [3.05, 3.63) is 22.6 Å². The highest BCUT2D eigenvalue weighted by Crippen LogP contribution is 2.48. The van der Waals surface area contributed by atoms with Crippen LogP contribution in [-0.2, 0) is 0 Å². The summed E-state index contributed by atoms with van der Waals surface area (Å²) < 4.78 is 6.50. The second-order valence-corrected chi connectivity index (χ2v) is 5.44. The molecule has 1 N–H and O–H groups in total. The van der Waals surface area contributed by atoms with Gasteiger partial charge in [0.2, 0.25) is 0 Å². The van der Waals surface area contributed by atoms with Crippen LogP contribution in [0.1, 0.15) is 44.9 Å². The molecule has 84 valence electrons. The molecule has 2 rings (SSSR count). The highest BCUT2D eigenvalue weighted by atomic mass is 79.9. The maximum absolute atomic E-state index is 5.44. The van der Waals surface area contributed by atoms with E-state index in [-0.39, 0.29) is 0 Å². The lowest BCUT2D eigenvalue weighted by atomic mass is 10.0. The SMILES string of the molecule is CCC1(CNC(C)c2occc2Br)CC1. The van der Waals surface area contributed by atoms with Crippen molar-refractivity contribution in [1.29, 1.82) is 0 Å². The second-order valence-electron chi connectivity index (χ2n) is 4.59. The van der Waals surface area contributed by atoms with E-state index in [0.29, 0.717) is 11.5 Å². The van der Waals surface area contributed by atoms with Crippen molar-refractivity contribution >= 4 is 15.9 Å². The van der Waals surface area contributed by atoms with Gasteiger partial charge in [0.15, 0.2) is 0 Å². The molecule has 1 fully saturated rings. The van der Waals surface area contributed by atoms with Crippen LogP contribution >= 0.6 is 15.9 Å². The van der Waals surface area contributed by atoms with Gasteiger partial charge in [0, 0.05) is 6.54 Å². The van der Waals surface area contributed by atoms with Crippen LogP contribution in [0, 0.1) is 5.41 Å². The molecule has 0 spiro atoms. The quantitative estimate of drug-likeness (QED) is 0.879. The highest BCUT2D eigenvalue weighted by Gasteiger charge is 2.40. The molecule has 1 saturated carbocycles. The van der Waals surface area contributed by atoms with Crippen molar-refractivity contribution < 1.29 is 4.42 Å². The van der Waals surface area contributed by atoms with Crippen LogP contribution < -0.4 is 5.32 Å². The van der Waals surface area contributed by atoms with Crippen LogP contribution in [-0.4, -0.2) is 6.54 Å². The van der Waals surface area contributed by atoms with Gasteiger partial charge in [0.1, 0.15) is 5.76 Å². The molecule has 1 aliphatic carbocycles. The predicted octanol–water partition coefficient (Wildman–Crippen LogP) is 3.88. The molecule has 1 unspecified atom stereocenters. The fraction of sp³-hybridized carbons (Fsp3) is 0.667. The molecular formula is C12H18BrNO. The zero-order valence-corrected chi connectivity index (χ0v) is 10.9. The summed E-state index contributed by atoms with van der Waals surface area (Å²) in [5.74, 6) is 1.00. The first kappa shape index (κ1) is 11.2. The largest absolute Gasteiger partial charge is 0.466 e. The highest BCUT2D eigenvalue weighted by molar-refractivity contribution is 9.10. The number of halogens is 1. The number of rotatable bonds is 5. The summed E-state index contributed by atoms with van der Waals surface area (Å²) in [6, 6.07) is 2.23. The van der Waals surface area contributed by atoms with E-state index < -0.39 is 0 Å². The lowest BCUT2D eigenvalue weighted by Crippen LogP contribution is -2.26. The normalized spacial score (nSPS) is 20.2. The van der Waals surface area contributed by atoms with Gasteiger partial charge in [-0.1, -0.05) is 6.92 Å². The van der Waals surface area contributed by atoms with Gasteiger partial charge >= 0.3 is 0 Å². The van der Waals surface area contributed by atoms with Gasteiger partial charge in [-0.2, -0.15) is 0 Å². The topological polar surface area (TPSA) is 25.2 Å². The van der Waals surface area contributed by atoms with Crippen LogP contribution in [0.15, 0.2) is 21.2 Å². The van der Waals surface area contributed by atoms with Gasteiger partial charge in [-0.3, -0.25) is 0 Å². The Balaban J connectivity index is 1.88. The first-order valence-electron chi connectivity index (χ1n) is 5.63. The maximum Gasteiger partial charge on any atom is 0.134 e. The summed E-state index contributed by atoms with van der Waals surface area (Å²) in [5.41, 5.74) is 0.591. The van der Waals surface area contributed by atoms with Crippen molar-refractivity contribution in [3.63, 3.8) is 0 Å². The van der Waals surface area contributed by atoms with E-state index in [1.54, 1.807) is 6.26 Å². The number of nitrogens with one attached hydrogen (secondary N) is 1. The minimum absolute atomic E-state index is 0.290. The first-order chi connectivity index (χ1) is 7.17. The van der Waals surface area contributed by atoms with Crippen molar-refractivity contribution in [2.45, 2.75) is 39.2 Å². The number of furan rings is 1. The molecule has 1 atom stereocenters. The average Bonchev–Trinajstić information content (AvgIpc) is 2.91. The van der Waals surface area contributed by atoms with E-state index >= 15 is 0 Å². The molecule has 1 aliphatic rings. The van der Waals surface area contributed by atoms with Crippen molar-refractivity contribution in [3.8, 4) is 0 Å². The summed E-state index contributed by atoms with van der Waals surface area (Å²) in [4.78, 5) is 0.